The zero-order chi connectivity index (χ0) is 13.1. The molecule has 1 fully saturated rings. The predicted octanol–water partition coefficient (Wildman–Crippen LogP) is 1.53. The first-order chi connectivity index (χ1) is 9.31. The number of piperazine rings is 1. The number of nitrogens with one attached hydrogen (secondary N) is 2. The average Bonchev–Trinajstić information content (AvgIpc) is 2.86. The molecule has 5 heteroatoms. The van der Waals surface area contributed by atoms with Gasteiger partial charge in [0.2, 0.25) is 0 Å². The van der Waals surface area contributed by atoms with E-state index < -0.39 is 0 Å². The molecule has 0 amide bonds. The van der Waals surface area contributed by atoms with Gasteiger partial charge in [0.05, 0.1) is 0 Å². The van der Waals surface area contributed by atoms with E-state index in [4.69, 9.17) is 4.42 Å². The Kier molecular flexibility index (Phi) is 3.66. The van der Waals surface area contributed by atoms with Crippen molar-refractivity contribution in [3.63, 3.8) is 0 Å². The first-order valence-corrected chi connectivity index (χ1v) is 6.80. The number of anilines is 1. The first-order valence-electron chi connectivity index (χ1n) is 6.80. The van der Waals surface area contributed by atoms with Crippen LogP contribution in [0.1, 0.15) is 6.42 Å². The third-order valence-corrected chi connectivity index (χ3v) is 3.61. The molecule has 1 aromatic heterocycles. The number of aromatic nitrogens is 1. The largest absolute Gasteiger partial charge is 0.443 e. The Morgan fingerprint density at radius 3 is 3.37 bits per heavy atom. The van der Waals surface area contributed by atoms with Crippen LogP contribution < -0.4 is 10.6 Å². The van der Waals surface area contributed by atoms with Crippen molar-refractivity contribution in [1.29, 1.82) is 0 Å². The third kappa shape index (κ3) is 3.05. The molecule has 1 aliphatic heterocycles. The van der Waals surface area contributed by atoms with Gasteiger partial charge in [0.1, 0.15) is 5.52 Å². The summed E-state index contributed by atoms with van der Waals surface area (Å²) in [5, 5.41) is 6.99. The van der Waals surface area contributed by atoms with E-state index in [-0.39, 0.29) is 0 Å². The quantitative estimate of drug-likeness (QED) is 0.873. The van der Waals surface area contributed by atoms with Gasteiger partial charge < -0.3 is 20.0 Å². The molecule has 1 atom stereocenters. The molecule has 1 aromatic carbocycles. The number of rotatable bonds is 4. The van der Waals surface area contributed by atoms with E-state index in [0.717, 1.165) is 49.4 Å². The minimum absolute atomic E-state index is 0.584. The lowest BCUT2D eigenvalue weighted by Crippen LogP contribution is -2.49. The lowest BCUT2D eigenvalue weighted by molar-refractivity contribution is 0.234. The summed E-state index contributed by atoms with van der Waals surface area (Å²) in [6.45, 7) is 4.32. The van der Waals surface area contributed by atoms with Crippen molar-refractivity contribution < 1.29 is 4.42 Å². The van der Waals surface area contributed by atoms with E-state index in [1.807, 2.05) is 18.2 Å². The van der Waals surface area contributed by atoms with Gasteiger partial charge in [-0.25, -0.2) is 4.98 Å². The monoisotopic (exact) mass is 260 g/mol. The molecular weight excluding hydrogens is 240 g/mol. The summed E-state index contributed by atoms with van der Waals surface area (Å²) in [6.07, 6.45) is 2.61. The Morgan fingerprint density at radius 2 is 2.47 bits per heavy atom. The van der Waals surface area contributed by atoms with Gasteiger partial charge >= 0.3 is 0 Å². The predicted molar refractivity (Wildman–Crippen MR) is 76.4 cm³/mol. The van der Waals surface area contributed by atoms with Gasteiger partial charge in [-0.2, -0.15) is 0 Å². The van der Waals surface area contributed by atoms with Gasteiger partial charge in [-0.15, -0.1) is 0 Å². The molecule has 2 aromatic rings. The number of oxazole rings is 1. The Morgan fingerprint density at radius 1 is 1.53 bits per heavy atom. The fraction of sp³-hybridized carbons (Fsp3) is 0.500. The molecular formula is C14H20N4O. The fourth-order valence-corrected chi connectivity index (χ4v) is 2.54. The second-order valence-corrected chi connectivity index (χ2v) is 5.16. The highest BCUT2D eigenvalue weighted by molar-refractivity contribution is 5.76. The van der Waals surface area contributed by atoms with Gasteiger partial charge in [-0.1, -0.05) is 0 Å². The molecule has 19 heavy (non-hydrogen) atoms. The molecule has 102 valence electrons. The van der Waals surface area contributed by atoms with E-state index in [1.54, 1.807) is 0 Å². The zero-order valence-corrected chi connectivity index (χ0v) is 11.2. The Bertz CT molecular complexity index is 539. The molecule has 0 radical (unpaired) electrons. The summed E-state index contributed by atoms with van der Waals surface area (Å²) in [5.74, 6) is 0. The molecule has 0 spiro atoms. The van der Waals surface area contributed by atoms with Crippen molar-refractivity contribution in [1.82, 2.24) is 15.2 Å². The number of likely N-dealkylation sites (N-methyl/N-ethyl adjacent to an activating group) is 1. The van der Waals surface area contributed by atoms with E-state index in [9.17, 15) is 0 Å². The maximum absolute atomic E-state index is 5.30. The Hall–Kier alpha value is -1.59. The van der Waals surface area contributed by atoms with Crippen LogP contribution in [0.15, 0.2) is 29.0 Å². The smallest absolute Gasteiger partial charge is 0.181 e. The SMILES string of the molecule is CN1CCNC(CCNc2ccc3ncoc3c2)C1. The van der Waals surface area contributed by atoms with Gasteiger partial charge in [0.25, 0.3) is 0 Å². The normalized spacial score (nSPS) is 20.8. The molecule has 1 unspecified atom stereocenters. The van der Waals surface area contributed by atoms with Gasteiger partial charge in [-0.05, 0) is 25.6 Å². The molecule has 0 aliphatic carbocycles. The van der Waals surface area contributed by atoms with Crippen molar-refractivity contribution in [2.75, 3.05) is 38.5 Å². The minimum atomic E-state index is 0.584. The van der Waals surface area contributed by atoms with Crippen molar-refractivity contribution in [2.24, 2.45) is 0 Å². The highest BCUT2D eigenvalue weighted by Crippen LogP contribution is 2.17. The van der Waals surface area contributed by atoms with E-state index >= 15 is 0 Å². The van der Waals surface area contributed by atoms with Crippen molar-refractivity contribution >= 4 is 16.8 Å². The van der Waals surface area contributed by atoms with Crippen LogP contribution in [-0.4, -0.2) is 49.2 Å². The molecule has 0 saturated carbocycles. The Balaban J connectivity index is 1.51. The maximum atomic E-state index is 5.30. The lowest BCUT2D eigenvalue weighted by atomic mass is 10.1. The van der Waals surface area contributed by atoms with E-state index in [1.165, 1.54) is 6.39 Å². The van der Waals surface area contributed by atoms with Crippen LogP contribution in [0, 0.1) is 0 Å². The molecule has 2 heterocycles. The second-order valence-electron chi connectivity index (χ2n) is 5.16. The maximum Gasteiger partial charge on any atom is 0.181 e. The number of benzene rings is 1. The molecule has 2 N–H and O–H groups in total. The van der Waals surface area contributed by atoms with Crippen LogP contribution in [0.3, 0.4) is 0 Å². The minimum Gasteiger partial charge on any atom is -0.443 e. The number of hydrogen-bond donors (Lipinski definition) is 2. The average molecular weight is 260 g/mol. The second kappa shape index (κ2) is 5.59. The summed E-state index contributed by atoms with van der Waals surface area (Å²) in [7, 11) is 2.18. The molecule has 0 bridgehead atoms. The zero-order valence-electron chi connectivity index (χ0n) is 11.2. The van der Waals surface area contributed by atoms with Crippen molar-refractivity contribution in [3.8, 4) is 0 Å². The van der Waals surface area contributed by atoms with Gasteiger partial charge in [-0.3, -0.25) is 0 Å². The standard InChI is InChI=1S/C14H20N4O/c1-18-7-6-16-12(9-18)4-5-15-11-2-3-13-14(8-11)19-10-17-13/h2-3,8,10,12,15-16H,4-7,9H2,1H3. The summed E-state index contributed by atoms with van der Waals surface area (Å²) in [4.78, 5) is 6.49. The summed E-state index contributed by atoms with van der Waals surface area (Å²) >= 11 is 0. The molecule has 5 nitrogen and oxygen atoms in total. The van der Waals surface area contributed by atoms with E-state index in [2.05, 4.69) is 27.6 Å². The highest BCUT2D eigenvalue weighted by atomic mass is 16.3. The highest BCUT2D eigenvalue weighted by Gasteiger charge is 2.15. The molecule has 3 rings (SSSR count). The Labute approximate surface area is 113 Å². The lowest BCUT2D eigenvalue weighted by Gasteiger charge is -2.31. The van der Waals surface area contributed by atoms with Crippen molar-refractivity contribution in [3.05, 3.63) is 24.6 Å². The summed E-state index contributed by atoms with van der Waals surface area (Å²) in [6, 6.07) is 6.61. The summed E-state index contributed by atoms with van der Waals surface area (Å²) in [5.41, 5.74) is 2.83. The van der Waals surface area contributed by atoms with Crippen LogP contribution in [0.4, 0.5) is 5.69 Å². The van der Waals surface area contributed by atoms with Crippen molar-refractivity contribution in [2.45, 2.75) is 12.5 Å². The third-order valence-electron chi connectivity index (χ3n) is 3.61. The van der Waals surface area contributed by atoms with Crippen LogP contribution in [0.25, 0.3) is 11.1 Å². The number of nitrogens with zero attached hydrogens (tertiary/aromatic N) is 2. The summed E-state index contributed by atoms with van der Waals surface area (Å²) < 4.78 is 5.30. The topological polar surface area (TPSA) is 53.3 Å². The van der Waals surface area contributed by atoms with E-state index in [0.29, 0.717) is 6.04 Å². The molecule has 1 aliphatic rings. The number of hydrogen-bond acceptors (Lipinski definition) is 5. The van der Waals surface area contributed by atoms with Crippen LogP contribution in [0.2, 0.25) is 0 Å². The first kappa shape index (κ1) is 12.4. The number of fused-ring (bicyclic) bond motifs is 1. The van der Waals surface area contributed by atoms with Gasteiger partial charge in [0.15, 0.2) is 12.0 Å². The van der Waals surface area contributed by atoms with Crippen LogP contribution >= 0.6 is 0 Å². The molecule has 1 saturated heterocycles. The van der Waals surface area contributed by atoms with Gasteiger partial charge in [0, 0.05) is 44.0 Å². The van der Waals surface area contributed by atoms with Crippen LogP contribution in [-0.2, 0) is 0 Å². The van der Waals surface area contributed by atoms with Crippen LogP contribution in [0.5, 0.6) is 0 Å². The fourth-order valence-electron chi connectivity index (χ4n) is 2.54.